The fraction of sp³-hybridized carbons (Fsp3) is 0.544. The van der Waals surface area contributed by atoms with Gasteiger partial charge in [0.15, 0.2) is 52.3 Å². The molecular weight excluding hydrogens is 1790 g/mol. The predicted molar refractivity (Wildman–Crippen MR) is 483 cm³/mol. The largest absolute Gasteiger partial charge is 0.570 e. The van der Waals surface area contributed by atoms with Crippen molar-refractivity contribution in [2.45, 2.75) is 205 Å². The second kappa shape index (κ2) is 48.9. The van der Waals surface area contributed by atoms with Gasteiger partial charge in [-0.25, -0.2) is 92.5 Å². The van der Waals surface area contributed by atoms with E-state index in [4.69, 9.17) is 47.0 Å². The standard InChI is InChI=1S/C23H27FN6O2.C22H26ClFN4O.C22H29FN6O.C17H23ClFN3O.C5H4BClNO2.CH3I/c24-17-14-25-22(19-7-4-8-20-27-28-23(32)30(19)20)26-18(17)12-15-5-3-6-16(11-15)13-21(31)29-9-1-2-10-29;23-20-8-4-7-18(26-20)22-25-14-17(24)19(27-22)12-15-5-3-6-16(11-15)13-21(29)28-9-1-2-10-28;23-17-14-25-22(18-7-4-8-20(26-18)28-24)27-19(17)12-15-5-3-6-16(11-15)13-21(30)29-9-1-2-10-29;18-17-20-11-14(19)15(21-17)9-12-4-3-5-13(8-12)10-16(23)22-6-1-2-7-22;7-4-2-1-3-5(8-4)10-6-9;1-2/h4,7-8,14-16H,1-3,5-6,9-13H2,(H,28,32);4,7-8,14-16H,1-3,5-6,9-13H2;4,7-8,14-16H,1-3,5-6,9-13,24H2,(H,26,28);11-13H,1-10H2;1-3,9H;1H3/t3*15-,16+;12-,13+;;/m0000../s1/i;;;;;1D. The molecule has 8 fully saturated rings. The first-order valence-corrected chi connectivity index (χ1v) is 46.9. The van der Waals surface area contributed by atoms with Crippen LogP contribution in [0.1, 0.15) is 204 Å². The van der Waals surface area contributed by atoms with Gasteiger partial charge in [0, 0.05) is 79.4 Å². The molecule has 0 spiro atoms. The minimum atomic E-state index is -0.435. The van der Waals surface area contributed by atoms with E-state index in [9.17, 15) is 41.5 Å². The van der Waals surface area contributed by atoms with Crippen LogP contribution in [-0.4, -0.2) is 183 Å². The number of nitrogen functional groups attached to an aromatic ring is 1. The van der Waals surface area contributed by atoms with Crippen LogP contribution >= 0.6 is 57.4 Å². The lowest BCUT2D eigenvalue weighted by atomic mass is 9.77. The number of fused-ring (bicyclic) bond motifs is 1. The van der Waals surface area contributed by atoms with Crippen molar-refractivity contribution >= 4 is 100 Å². The number of carbonyl (C=O) groups excluding carboxylic acids is 4. The lowest BCUT2D eigenvalue weighted by Gasteiger charge is -2.30. The molecular formula is C90H112BCl3F4IN20O7. The molecule has 4 aliphatic heterocycles. The average Bonchev–Trinajstić information content (AvgIpc) is 1.66. The number of alkyl halides is 1. The Morgan fingerprint density at radius 3 is 1.22 bits per heavy atom. The number of amides is 4. The highest BCUT2D eigenvalue weighted by molar-refractivity contribution is 14.1. The van der Waals surface area contributed by atoms with Gasteiger partial charge in [-0.2, -0.15) is 5.10 Å². The number of hydrogen-bond acceptors (Lipinski definition) is 21. The van der Waals surface area contributed by atoms with E-state index in [1.807, 2.05) is 42.2 Å². The summed E-state index contributed by atoms with van der Waals surface area (Å²) in [6, 6.07) is 20.6. The number of aromatic nitrogens is 14. The highest BCUT2D eigenvalue weighted by Gasteiger charge is 2.34. The number of carbonyl (C=O) groups is 4. The Bertz CT molecular complexity index is 5140. The highest BCUT2D eigenvalue weighted by atomic mass is 127. The molecule has 36 heteroatoms. The van der Waals surface area contributed by atoms with Gasteiger partial charge in [-0.15, -0.1) is 0 Å². The number of nitrogens with zero attached hydrogens (tertiary/aromatic N) is 17. The normalized spacial score (nSPS) is 21.0. The lowest BCUT2D eigenvalue weighted by Crippen LogP contribution is -2.31. The summed E-state index contributed by atoms with van der Waals surface area (Å²) in [5.74, 6) is 9.69. The van der Waals surface area contributed by atoms with E-state index in [0.29, 0.717) is 190 Å². The van der Waals surface area contributed by atoms with E-state index in [2.05, 4.69) is 75.1 Å². The van der Waals surface area contributed by atoms with Crippen LogP contribution in [0.5, 0.6) is 5.88 Å². The first kappa shape index (κ1) is 94.6. The Morgan fingerprint density at radius 2 is 0.825 bits per heavy atom. The lowest BCUT2D eigenvalue weighted by molar-refractivity contribution is -0.132. The van der Waals surface area contributed by atoms with Crippen LogP contribution < -0.4 is 21.6 Å². The molecule has 4 aliphatic carbocycles. The number of nitrogens with one attached hydrogen (secondary N) is 2. The molecule has 17 rings (SSSR count). The number of hydrazine groups is 1. The van der Waals surface area contributed by atoms with Crippen molar-refractivity contribution in [3.8, 4) is 40.4 Å². The monoisotopic (exact) mass is 1900 g/mol. The number of H-pyrrole nitrogens is 1. The molecule has 8 atom stereocenters. The number of nitrogens with two attached hydrogens (primary N) is 1. The molecule has 9 aromatic heterocycles. The predicted octanol–water partition coefficient (Wildman–Crippen LogP) is 16.3. The maximum atomic E-state index is 14.6. The van der Waals surface area contributed by atoms with Crippen molar-refractivity contribution in [3.63, 3.8) is 0 Å². The smallest absolute Gasteiger partial charge is 0.523 e. The summed E-state index contributed by atoms with van der Waals surface area (Å²) in [6.45, 7) is 7.21. The second-order valence-corrected chi connectivity index (χ2v) is 35.1. The maximum absolute atomic E-state index is 14.6. The molecule has 673 valence electrons. The van der Waals surface area contributed by atoms with Crippen LogP contribution in [0, 0.1) is 70.6 Å². The quantitative estimate of drug-likeness (QED) is 0.00715. The van der Waals surface area contributed by atoms with Crippen LogP contribution in [0.3, 0.4) is 0 Å². The number of likely N-dealkylation sites (tertiary alicyclic amines) is 4. The summed E-state index contributed by atoms with van der Waals surface area (Å²) in [7, 11) is 0.554. The van der Waals surface area contributed by atoms with Crippen LogP contribution in [0.15, 0.2) is 102 Å². The van der Waals surface area contributed by atoms with Gasteiger partial charge in [-0.3, -0.25) is 19.2 Å². The Morgan fingerprint density at radius 1 is 0.476 bits per heavy atom. The van der Waals surface area contributed by atoms with Gasteiger partial charge >= 0.3 is 13.4 Å². The van der Waals surface area contributed by atoms with Crippen molar-refractivity contribution in [3.05, 3.63) is 170 Å². The Kier molecular flexibility index (Phi) is 36.7. The van der Waals surface area contributed by atoms with Crippen molar-refractivity contribution in [1.29, 1.82) is 0 Å². The molecule has 0 bridgehead atoms. The first-order valence-electron chi connectivity index (χ1n) is 44.9. The number of aromatic amines is 1. The second-order valence-electron chi connectivity index (χ2n) is 34.0. The Hall–Kier alpha value is -9.03. The van der Waals surface area contributed by atoms with Gasteiger partial charge in [0.25, 0.3) is 0 Å². The van der Waals surface area contributed by atoms with Crippen molar-refractivity contribution in [1.82, 2.24) is 89.0 Å². The van der Waals surface area contributed by atoms with Crippen molar-refractivity contribution < 1.29 is 47.8 Å². The summed E-state index contributed by atoms with van der Waals surface area (Å²) in [6.07, 6.45) is 35.0. The van der Waals surface area contributed by atoms with E-state index < -0.39 is 5.82 Å². The van der Waals surface area contributed by atoms with Crippen LogP contribution in [0.2, 0.25) is 15.6 Å². The molecule has 1 radical (unpaired) electrons. The van der Waals surface area contributed by atoms with Crippen LogP contribution in [0.25, 0.3) is 40.2 Å². The highest BCUT2D eigenvalue weighted by Crippen LogP contribution is 2.39. The molecule has 8 aliphatic rings. The Labute approximate surface area is 763 Å². The molecule has 0 unspecified atom stereocenters. The molecule has 9 aromatic rings. The third-order valence-electron chi connectivity index (χ3n) is 25.0. The molecule has 4 amide bonds. The zero-order valence-electron chi connectivity index (χ0n) is 72.0. The first-order chi connectivity index (χ1) is 61.6. The van der Waals surface area contributed by atoms with Gasteiger partial charge in [-0.05, 0) is 241 Å². The summed E-state index contributed by atoms with van der Waals surface area (Å²) in [4.78, 5) is 116. The molecule has 0 aromatic carbocycles. The molecule has 4 saturated heterocycles. The molecule has 5 N–H and O–H groups in total. The summed E-state index contributed by atoms with van der Waals surface area (Å²) < 4.78 is 69.4. The number of hydrogen-bond donors (Lipinski definition) is 4. The van der Waals surface area contributed by atoms with Gasteiger partial charge in [-0.1, -0.05) is 121 Å². The number of anilines is 1. The summed E-state index contributed by atoms with van der Waals surface area (Å²) >= 11 is 19.2. The van der Waals surface area contributed by atoms with E-state index in [1.54, 1.807) is 72.8 Å². The van der Waals surface area contributed by atoms with E-state index in [0.717, 1.165) is 213 Å². The third kappa shape index (κ3) is 28.5. The minimum absolute atomic E-state index is 0.0953. The molecule has 4 saturated carbocycles. The molecule has 27 nitrogen and oxygen atoms in total. The number of rotatable bonds is 22. The Balaban J connectivity index is 0.000000147. The minimum Gasteiger partial charge on any atom is -0.523 e. The van der Waals surface area contributed by atoms with Crippen molar-refractivity contribution in [2.75, 3.05) is 62.7 Å². The third-order valence-corrected chi connectivity index (χ3v) is 25.6. The summed E-state index contributed by atoms with van der Waals surface area (Å²) in [5, 5.41) is 15.3. The van der Waals surface area contributed by atoms with Gasteiger partial charge in [0.1, 0.15) is 27.5 Å². The summed E-state index contributed by atoms with van der Waals surface area (Å²) in [5.41, 5.74) is 5.74. The van der Waals surface area contributed by atoms with Gasteiger partial charge < -0.3 is 34.7 Å². The van der Waals surface area contributed by atoms with Crippen molar-refractivity contribution in [2.24, 2.45) is 53.2 Å². The molecule has 126 heavy (non-hydrogen) atoms. The SMILES string of the molecule is NNc1cccc(-c2ncc(F)c(C[C@H]3CCC[C@@H](CC(=O)N4CCCC4)C3)n2)n1.O=C(C[C@@H]1CCC[C@H](Cc2nc(-c3cccc(Cl)n3)ncc2F)C1)N1CCCC1.O=C(C[C@@H]1CCC[C@H](Cc2nc(-c3cccc4n[nH]c(=O)n34)ncc2F)C1)N1CCCC1.O=C(C[C@@H]1CCC[C@H](Cc2nc(Cl)ncc2F)C1)N1CCCC1.O[B]Oc1cccc(Cl)n1.[2H]CI. The fourth-order valence-corrected chi connectivity index (χ4v) is 19.4. The van der Waals surface area contributed by atoms with E-state index in [1.165, 1.54) is 23.0 Å². The van der Waals surface area contributed by atoms with Gasteiger partial charge in [0.05, 0.1) is 53.3 Å². The van der Waals surface area contributed by atoms with E-state index in [-0.39, 0.29) is 57.9 Å². The zero-order chi connectivity index (χ0) is 89.6. The number of halogens is 8. The topological polar surface area (TPSA) is 341 Å². The average molecular weight is 1910 g/mol. The van der Waals surface area contributed by atoms with E-state index >= 15 is 0 Å². The fourth-order valence-electron chi connectivity index (χ4n) is 18.9. The van der Waals surface area contributed by atoms with Gasteiger partial charge in [0.2, 0.25) is 28.9 Å². The molecule has 13 heterocycles. The number of pyridine rings is 4. The van der Waals surface area contributed by atoms with Crippen LogP contribution in [-0.2, 0) is 44.9 Å². The van der Waals surface area contributed by atoms with Crippen LogP contribution in [0.4, 0.5) is 23.4 Å². The maximum Gasteiger partial charge on any atom is 0.570 e. The zero-order valence-corrected chi connectivity index (χ0v) is 75.5.